The molecule has 0 amide bonds. The summed E-state index contributed by atoms with van der Waals surface area (Å²) >= 11 is 0. The first-order valence-electron chi connectivity index (χ1n) is 7.91. The van der Waals surface area contributed by atoms with Crippen LogP contribution in [0, 0.1) is 11.8 Å². The molecule has 1 aromatic rings. The smallest absolute Gasteiger partial charge is 0.488 e. The Bertz CT molecular complexity index is 472. The predicted octanol–water partition coefficient (Wildman–Crippen LogP) is 0.997. The average molecular weight is 289 g/mol. The van der Waals surface area contributed by atoms with Gasteiger partial charge in [-0.15, -0.1) is 0 Å². The summed E-state index contributed by atoms with van der Waals surface area (Å²) in [5.41, 5.74) is 1.55. The number of hydrogen-bond acceptors (Lipinski definition) is 4. The van der Waals surface area contributed by atoms with Gasteiger partial charge >= 0.3 is 7.12 Å². The van der Waals surface area contributed by atoms with E-state index in [0.29, 0.717) is 5.46 Å². The molecular formula is C16H24BNO3. The third-order valence-electron chi connectivity index (χ3n) is 4.45. The van der Waals surface area contributed by atoms with Gasteiger partial charge in [0.25, 0.3) is 0 Å². The van der Waals surface area contributed by atoms with Crippen molar-refractivity contribution >= 4 is 12.6 Å². The molecule has 0 saturated heterocycles. The van der Waals surface area contributed by atoms with Crippen molar-refractivity contribution in [3.8, 4) is 5.75 Å². The molecule has 2 N–H and O–H groups in total. The quantitative estimate of drug-likeness (QED) is 0.701. The maximum atomic E-state index is 9.57. The summed E-state index contributed by atoms with van der Waals surface area (Å²) in [6.07, 6.45) is 5.37. The van der Waals surface area contributed by atoms with Crippen molar-refractivity contribution < 1.29 is 14.8 Å². The van der Waals surface area contributed by atoms with Crippen LogP contribution < -0.4 is 10.2 Å². The van der Waals surface area contributed by atoms with Gasteiger partial charge in [-0.3, -0.25) is 4.90 Å². The van der Waals surface area contributed by atoms with E-state index >= 15 is 0 Å². The van der Waals surface area contributed by atoms with Crippen LogP contribution in [0.4, 0.5) is 0 Å². The van der Waals surface area contributed by atoms with E-state index in [9.17, 15) is 10.0 Å². The molecule has 0 heterocycles. The van der Waals surface area contributed by atoms with Crippen LogP contribution in [-0.2, 0) is 6.54 Å². The summed E-state index contributed by atoms with van der Waals surface area (Å²) in [5, 5.41) is 19.1. The van der Waals surface area contributed by atoms with Gasteiger partial charge < -0.3 is 14.8 Å². The van der Waals surface area contributed by atoms with Gasteiger partial charge in [-0.25, -0.2) is 0 Å². The van der Waals surface area contributed by atoms with Crippen molar-refractivity contribution in [1.29, 1.82) is 0 Å². The summed E-state index contributed by atoms with van der Waals surface area (Å²) in [5.74, 6) is 2.46. The van der Waals surface area contributed by atoms with Crippen LogP contribution in [0.1, 0.15) is 31.2 Å². The molecule has 2 aliphatic carbocycles. The second-order valence-corrected chi connectivity index (χ2v) is 6.52. The first-order chi connectivity index (χ1) is 10.2. The fourth-order valence-electron chi connectivity index (χ4n) is 2.87. The van der Waals surface area contributed by atoms with Crippen LogP contribution in [0.2, 0.25) is 0 Å². The minimum Gasteiger partial charge on any atom is -0.497 e. The summed E-state index contributed by atoms with van der Waals surface area (Å²) in [6, 6.07) is 5.47. The van der Waals surface area contributed by atoms with E-state index in [0.717, 1.165) is 42.8 Å². The zero-order chi connectivity index (χ0) is 14.8. The number of nitrogens with zero attached hydrogens (tertiary/aromatic N) is 1. The Balaban J connectivity index is 1.75. The Hall–Kier alpha value is -1.04. The molecule has 0 spiro atoms. The predicted molar refractivity (Wildman–Crippen MR) is 83.5 cm³/mol. The summed E-state index contributed by atoms with van der Waals surface area (Å²) < 4.78 is 5.28. The van der Waals surface area contributed by atoms with Crippen LogP contribution in [0.3, 0.4) is 0 Å². The largest absolute Gasteiger partial charge is 0.497 e. The fraction of sp³-hybridized carbons (Fsp3) is 0.625. The van der Waals surface area contributed by atoms with Crippen LogP contribution in [0.25, 0.3) is 0 Å². The zero-order valence-electron chi connectivity index (χ0n) is 12.7. The van der Waals surface area contributed by atoms with Gasteiger partial charge in [0.1, 0.15) is 5.75 Å². The van der Waals surface area contributed by atoms with Gasteiger partial charge in [0.2, 0.25) is 0 Å². The Kier molecular flexibility index (Phi) is 4.52. The van der Waals surface area contributed by atoms with E-state index in [4.69, 9.17) is 4.74 Å². The van der Waals surface area contributed by atoms with E-state index in [1.165, 1.54) is 25.7 Å². The van der Waals surface area contributed by atoms with Crippen LogP contribution >= 0.6 is 0 Å². The molecule has 2 saturated carbocycles. The highest BCUT2D eigenvalue weighted by Gasteiger charge is 2.30. The number of ether oxygens (including phenoxy) is 1. The molecule has 0 bridgehead atoms. The minimum atomic E-state index is -1.42. The topological polar surface area (TPSA) is 52.9 Å². The van der Waals surface area contributed by atoms with Crippen molar-refractivity contribution in [2.45, 2.75) is 32.2 Å². The lowest BCUT2D eigenvalue weighted by atomic mass is 9.77. The van der Waals surface area contributed by atoms with Crippen LogP contribution in [-0.4, -0.2) is 42.3 Å². The lowest BCUT2D eigenvalue weighted by Crippen LogP contribution is -2.37. The van der Waals surface area contributed by atoms with Crippen molar-refractivity contribution in [3.05, 3.63) is 23.8 Å². The maximum Gasteiger partial charge on any atom is 0.488 e. The number of rotatable bonds is 8. The normalized spacial score (nSPS) is 18.1. The molecule has 5 heteroatoms. The van der Waals surface area contributed by atoms with Crippen molar-refractivity contribution in [2.24, 2.45) is 11.8 Å². The van der Waals surface area contributed by atoms with Gasteiger partial charge in [0.05, 0.1) is 7.11 Å². The molecule has 21 heavy (non-hydrogen) atoms. The number of hydrogen-bond donors (Lipinski definition) is 2. The van der Waals surface area contributed by atoms with E-state index in [1.807, 2.05) is 6.07 Å². The highest BCUT2D eigenvalue weighted by atomic mass is 16.5. The molecular weight excluding hydrogens is 265 g/mol. The van der Waals surface area contributed by atoms with Crippen LogP contribution in [0.15, 0.2) is 18.2 Å². The SMILES string of the molecule is COc1ccc(B(O)O)c(CN(CC2CC2)CC2CC2)c1. The molecule has 3 rings (SSSR count). The molecule has 0 aromatic heterocycles. The van der Waals surface area contributed by atoms with Gasteiger partial charge in [-0.1, -0.05) is 6.07 Å². The molecule has 1 aromatic carbocycles. The third-order valence-corrected chi connectivity index (χ3v) is 4.45. The van der Waals surface area contributed by atoms with Gasteiger partial charge in [-0.2, -0.15) is 0 Å². The zero-order valence-corrected chi connectivity index (χ0v) is 12.7. The maximum absolute atomic E-state index is 9.57. The minimum absolute atomic E-state index is 0.590. The first kappa shape index (κ1) is 14.9. The van der Waals surface area contributed by atoms with E-state index < -0.39 is 7.12 Å². The third kappa shape index (κ3) is 4.22. The summed E-state index contributed by atoms with van der Waals surface area (Å²) in [4.78, 5) is 2.48. The second kappa shape index (κ2) is 6.38. The molecule has 0 radical (unpaired) electrons. The highest BCUT2D eigenvalue weighted by molar-refractivity contribution is 6.59. The lowest BCUT2D eigenvalue weighted by Gasteiger charge is -2.24. The van der Waals surface area contributed by atoms with Crippen LogP contribution in [0.5, 0.6) is 5.75 Å². The molecule has 2 fully saturated rings. The molecule has 114 valence electrons. The molecule has 0 aliphatic heterocycles. The van der Waals surface area contributed by atoms with Crippen molar-refractivity contribution in [2.75, 3.05) is 20.2 Å². The standard InChI is InChI=1S/C16H24BNO3/c1-21-15-6-7-16(17(19)20)14(8-15)11-18(9-12-2-3-12)10-13-4-5-13/h6-8,12-13,19-20H,2-5,9-11H2,1H3. The Morgan fingerprint density at radius 1 is 1.14 bits per heavy atom. The Labute approximate surface area is 126 Å². The van der Waals surface area contributed by atoms with Crippen molar-refractivity contribution in [3.63, 3.8) is 0 Å². The average Bonchev–Trinajstić information content (AvgIpc) is 3.34. The summed E-state index contributed by atoms with van der Waals surface area (Å²) in [7, 11) is 0.218. The molecule has 4 nitrogen and oxygen atoms in total. The van der Waals surface area contributed by atoms with E-state index in [-0.39, 0.29) is 0 Å². The summed E-state index contributed by atoms with van der Waals surface area (Å²) in [6.45, 7) is 3.04. The number of methoxy groups -OCH3 is 1. The Morgan fingerprint density at radius 2 is 1.76 bits per heavy atom. The van der Waals surface area contributed by atoms with Gasteiger partial charge in [0.15, 0.2) is 0 Å². The van der Waals surface area contributed by atoms with Gasteiger partial charge in [0, 0.05) is 19.6 Å². The Morgan fingerprint density at radius 3 is 2.24 bits per heavy atom. The van der Waals surface area contributed by atoms with Crippen molar-refractivity contribution in [1.82, 2.24) is 4.90 Å². The molecule has 0 atom stereocenters. The monoisotopic (exact) mass is 289 g/mol. The van der Waals surface area contributed by atoms with Gasteiger partial charge in [-0.05, 0) is 60.7 Å². The lowest BCUT2D eigenvalue weighted by molar-refractivity contribution is 0.244. The fourth-order valence-corrected chi connectivity index (χ4v) is 2.87. The molecule has 0 unspecified atom stereocenters. The second-order valence-electron chi connectivity index (χ2n) is 6.52. The number of benzene rings is 1. The highest BCUT2D eigenvalue weighted by Crippen LogP contribution is 2.34. The first-order valence-corrected chi connectivity index (χ1v) is 7.91. The van der Waals surface area contributed by atoms with E-state index in [1.54, 1.807) is 19.2 Å². The van der Waals surface area contributed by atoms with E-state index in [2.05, 4.69) is 4.90 Å². The molecule has 2 aliphatic rings.